The van der Waals surface area contributed by atoms with Crippen LogP contribution in [0.4, 0.5) is 0 Å². The average Bonchev–Trinajstić information content (AvgIpc) is 3.39. The Morgan fingerprint density at radius 2 is 1.79 bits per heavy atom. The Bertz CT molecular complexity index is 1380. The van der Waals surface area contributed by atoms with Crippen molar-refractivity contribution < 1.29 is 24.3 Å². The largest absolute Gasteiger partial charge is 0.480 e. The van der Waals surface area contributed by atoms with Crippen molar-refractivity contribution in [3.63, 3.8) is 0 Å². The highest BCUT2D eigenvalue weighted by molar-refractivity contribution is 7.18. The van der Waals surface area contributed by atoms with Crippen molar-refractivity contribution in [2.24, 2.45) is 0 Å². The minimum absolute atomic E-state index is 0.179. The van der Waals surface area contributed by atoms with E-state index in [1.807, 2.05) is 17.5 Å². The Labute approximate surface area is 233 Å². The number of carbonyl (C=O) groups excluding carboxylic acids is 3. The lowest BCUT2D eigenvalue weighted by atomic mass is 10.0. The third-order valence-electron chi connectivity index (χ3n) is 6.26. The number of fused-ring (bicyclic) bond motifs is 1. The number of amides is 3. The summed E-state index contributed by atoms with van der Waals surface area (Å²) in [6, 6.07) is 10.5. The van der Waals surface area contributed by atoms with Crippen LogP contribution in [-0.2, 0) is 14.4 Å². The summed E-state index contributed by atoms with van der Waals surface area (Å²) in [6.07, 6.45) is 3.76. The van der Waals surface area contributed by atoms with Crippen LogP contribution < -0.4 is 10.6 Å². The first-order valence-electron chi connectivity index (χ1n) is 11.9. The van der Waals surface area contributed by atoms with Gasteiger partial charge in [0.2, 0.25) is 11.8 Å². The molecule has 1 aromatic heterocycles. The minimum Gasteiger partial charge on any atom is -0.480 e. The van der Waals surface area contributed by atoms with Crippen LogP contribution in [0.25, 0.3) is 16.2 Å². The van der Waals surface area contributed by atoms with Gasteiger partial charge in [-0.25, -0.2) is 4.79 Å². The van der Waals surface area contributed by atoms with Gasteiger partial charge in [0.05, 0.1) is 21.2 Å². The second kappa shape index (κ2) is 12.4. The van der Waals surface area contributed by atoms with Gasteiger partial charge in [0.15, 0.2) is 0 Å². The lowest BCUT2D eigenvalue weighted by Gasteiger charge is -2.32. The lowest BCUT2D eigenvalue weighted by Crippen LogP contribution is -2.49. The SMILES string of the molecule is O=C(CC(NC(=O)c1ccccc1)C(=O)O)NC1CCN(C(=O)C=Cc2cc3ccsc3c(Cl)c2Cl)CC1. The number of halogens is 2. The predicted octanol–water partition coefficient (Wildman–Crippen LogP) is 4.60. The van der Waals surface area contributed by atoms with E-state index in [9.17, 15) is 24.3 Å². The van der Waals surface area contributed by atoms with Crippen molar-refractivity contribution in [3.05, 3.63) is 75.1 Å². The van der Waals surface area contributed by atoms with E-state index < -0.39 is 30.2 Å². The van der Waals surface area contributed by atoms with Crippen LogP contribution in [0, 0.1) is 0 Å². The summed E-state index contributed by atoms with van der Waals surface area (Å²) in [6.45, 7) is 0.860. The Morgan fingerprint density at radius 3 is 2.47 bits per heavy atom. The van der Waals surface area contributed by atoms with Crippen molar-refractivity contribution in [2.45, 2.75) is 31.3 Å². The molecule has 1 saturated heterocycles. The monoisotopic (exact) mass is 573 g/mol. The number of benzene rings is 2. The smallest absolute Gasteiger partial charge is 0.326 e. The number of aliphatic carboxylic acids is 1. The summed E-state index contributed by atoms with van der Waals surface area (Å²) >= 11 is 14.2. The highest BCUT2D eigenvalue weighted by Gasteiger charge is 2.27. The number of hydrogen-bond acceptors (Lipinski definition) is 5. The van der Waals surface area contributed by atoms with Crippen molar-refractivity contribution in [1.29, 1.82) is 0 Å². The van der Waals surface area contributed by atoms with Crippen molar-refractivity contribution >= 4 is 74.4 Å². The molecule has 0 saturated carbocycles. The van der Waals surface area contributed by atoms with Gasteiger partial charge in [-0.1, -0.05) is 41.4 Å². The van der Waals surface area contributed by atoms with E-state index >= 15 is 0 Å². The molecule has 1 atom stereocenters. The van der Waals surface area contributed by atoms with E-state index in [2.05, 4.69) is 10.6 Å². The number of rotatable bonds is 8. The van der Waals surface area contributed by atoms with Gasteiger partial charge in [-0.3, -0.25) is 14.4 Å². The normalized spacial score (nSPS) is 14.9. The third kappa shape index (κ3) is 6.72. The van der Waals surface area contributed by atoms with Gasteiger partial charge in [0, 0.05) is 30.8 Å². The molecule has 1 fully saturated rings. The highest BCUT2D eigenvalue weighted by Crippen LogP contribution is 2.37. The van der Waals surface area contributed by atoms with Gasteiger partial charge in [-0.2, -0.15) is 0 Å². The molecule has 38 heavy (non-hydrogen) atoms. The average molecular weight is 574 g/mol. The zero-order valence-corrected chi connectivity index (χ0v) is 22.5. The van der Waals surface area contributed by atoms with Gasteiger partial charge in [0.25, 0.3) is 5.91 Å². The molecule has 3 amide bonds. The number of carbonyl (C=O) groups is 4. The van der Waals surface area contributed by atoms with Crippen LogP contribution in [0.1, 0.15) is 35.2 Å². The Balaban J connectivity index is 1.27. The molecule has 198 valence electrons. The predicted molar refractivity (Wildman–Crippen MR) is 149 cm³/mol. The first-order chi connectivity index (χ1) is 18.2. The summed E-state index contributed by atoms with van der Waals surface area (Å²) in [7, 11) is 0. The number of carboxylic acids is 1. The molecule has 2 heterocycles. The van der Waals surface area contributed by atoms with Gasteiger partial charge >= 0.3 is 5.97 Å². The van der Waals surface area contributed by atoms with Crippen LogP contribution in [-0.4, -0.2) is 58.9 Å². The zero-order valence-electron chi connectivity index (χ0n) is 20.2. The number of likely N-dealkylation sites (tertiary alicyclic amines) is 1. The molecule has 0 aliphatic carbocycles. The van der Waals surface area contributed by atoms with E-state index in [1.54, 1.807) is 41.3 Å². The Hall–Kier alpha value is -3.40. The van der Waals surface area contributed by atoms with E-state index in [0.29, 0.717) is 47.1 Å². The van der Waals surface area contributed by atoms with Crippen LogP contribution in [0.15, 0.2) is 53.9 Å². The van der Waals surface area contributed by atoms with Gasteiger partial charge in [0.1, 0.15) is 6.04 Å². The Morgan fingerprint density at radius 1 is 1.08 bits per heavy atom. The number of hydrogen-bond donors (Lipinski definition) is 3. The maximum atomic E-state index is 12.7. The fraction of sp³-hybridized carbons (Fsp3) is 0.259. The van der Waals surface area contributed by atoms with Gasteiger partial charge < -0.3 is 20.6 Å². The van der Waals surface area contributed by atoms with Gasteiger partial charge in [-0.05, 0) is 59.5 Å². The van der Waals surface area contributed by atoms with Crippen LogP contribution >= 0.6 is 34.5 Å². The maximum Gasteiger partial charge on any atom is 0.326 e. The molecular formula is C27H25Cl2N3O5S. The second-order valence-electron chi connectivity index (χ2n) is 8.87. The number of thiophene rings is 1. The van der Waals surface area contributed by atoms with E-state index in [-0.39, 0.29) is 11.9 Å². The number of nitrogens with one attached hydrogen (secondary N) is 2. The maximum absolute atomic E-state index is 12.7. The summed E-state index contributed by atoms with van der Waals surface area (Å²) in [5.74, 6) is -2.52. The number of piperidine rings is 1. The second-order valence-corrected chi connectivity index (χ2v) is 10.5. The topological polar surface area (TPSA) is 116 Å². The van der Waals surface area contributed by atoms with Crippen LogP contribution in [0.2, 0.25) is 10.0 Å². The quantitative estimate of drug-likeness (QED) is 0.340. The van der Waals surface area contributed by atoms with Crippen molar-refractivity contribution in [3.8, 4) is 0 Å². The fourth-order valence-electron chi connectivity index (χ4n) is 4.20. The molecule has 0 spiro atoms. The van der Waals surface area contributed by atoms with Gasteiger partial charge in [-0.15, -0.1) is 11.3 Å². The summed E-state index contributed by atoms with van der Waals surface area (Å²) in [5, 5.41) is 18.4. The molecule has 1 aliphatic rings. The lowest BCUT2D eigenvalue weighted by molar-refractivity contribution is -0.141. The summed E-state index contributed by atoms with van der Waals surface area (Å²) in [4.78, 5) is 50.8. The fourth-order valence-corrected chi connectivity index (χ4v) is 5.64. The molecule has 8 nitrogen and oxygen atoms in total. The van der Waals surface area contributed by atoms with Crippen LogP contribution in [0.3, 0.4) is 0 Å². The zero-order chi connectivity index (χ0) is 27.2. The van der Waals surface area contributed by atoms with E-state index in [4.69, 9.17) is 23.2 Å². The molecular weight excluding hydrogens is 549 g/mol. The molecule has 1 unspecified atom stereocenters. The third-order valence-corrected chi connectivity index (χ3v) is 8.20. The molecule has 0 bridgehead atoms. The highest BCUT2D eigenvalue weighted by atomic mass is 35.5. The molecule has 3 N–H and O–H groups in total. The molecule has 0 radical (unpaired) electrons. The summed E-state index contributed by atoms with van der Waals surface area (Å²) < 4.78 is 0.900. The summed E-state index contributed by atoms with van der Waals surface area (Å²) in [5.41, 5.74) is 0.966. The number of carboxylic acid groups (broad SMARTS) is 1. The first kappa shape index (κ1) is 27.6. The number of nitrogens with zero attached hydrogens (tertiary/aromatic N) is 1. The molecule has 1 aliphatic heterocycles. The van der Waals surface area contributed by atoms with Crippen molar-refractivity contribution in [2.75, 3.05) is 13.1 Å². The van der Waals surface area contributed by atoms with Crippen molar-refractivity contribution in [1.82, 2.24) is 15.5 Å². The first-order valence-corrected chi connectivity index (χ1v) is 13.6. The molecule has 3 aromatic rings. The molecule has 4 rings (SSSR count). The van der Waals surface area contributed by atoms with E-state index in [0.717, 1.165) is 10.1 Å². The van der Waals surface area contributed by atoms with E-state index in [1.165, 1.54) is 17.4 Å². The molecule has 2 aromatic carbocycles. The Kier molecular flexibility index (Phi) is 9.04. The standard InChI is InChI=1S/C27H25Cl2N3O5S/c28-23-17(14-18-10-13-38-25(18)24(23)29)6-7-22(34)32-11-8-19(9-12-32)30-21(33)15-20(27(36)37)31-26(35)16-4-2-1-3-5-16/h1-7,10,13-14,19-20H,8-9,11-12,15H2,(H,30,33)(H,31,35)(H,36,37). The van der Waals surface area contributed by atoms with Crippen LogP contribution in [0.5, 0.6) is 0 Å². The minimum atomic E-state index is -1.36. The molecule has 11 heteroatoms.